The van der Waals surface area contributed by atoms with Gasteiger partial charge in [0.05, 0.1) is 31.4 Å². The van der Waals surface area contributed by atoms with E-state index in [1.54, 1.807) is 12.1 Å². The summed E-state index contributed by atoms with van der Waals surface area (Å²) in [5, 5.41) is 0. The summed E-state index contributed by atoms with van der Waals surface area (Å²) in [6, 6.07) is 3.45. The van der Waals surface area contributed by atoms with Gasteiger partial charge in [0.1, 0.15) is 0 Å². The molecule has 0 spiro atoms. The number of furan rings is 1. The number of hydrogen-bond acceptors (Lipinski definition) is 4. The highest BCUT2D eigenvalue weighted by atomic mass is 16.5. The Balaban J connectivity index is 1.59. The fourth-order valence-electron chi connectivity index (χ4n) is 3.45. The molecule has 1 aliphatic carbocycles. The average molecular weight is 329 g/mol. The quantitative estimate of drug-likeness (QED) is 0.817. The highest BCUT2D eigenvalue weighted by molar-refractivity contribution is 5.91. The van der Waals surface area contributed by atoms with Gasteiger partial charge in [0.25, 0.3) is 5.91 Å². The summed E-state index contributed by atoms with van der Waals surface area (Å²) in [6.07, 6.45) is 6.09. The first-order valence-electron chi connectivity index (χ1n) is 8.70. The van der Waals surface area contributed by atoms with Gasteiger partial charge < -0.3 is 18.6 Å². The van der Waals surface area contributed by atoms with Gasteiger partial charge in [-0.05, 0) is 37.8 Å². The van der Waals surface area contributed by atoms with Crippen LogP contribution >= 0.6 is 0 Å². The van der Waals surface area contributed by atoms with Crippen LogP contribution < -0.4 is 0 Å². The van der Waals surface area contributed by atoms with Crippen molar-refractivity contribution in [3.8, 4) is 0 Å². The Morgan fingerprint density at radius 3 is 3.04 bits per heavy atom. The van der Waals surface area contributed by atoms with E-state index in [1.165, 1.54) is 24.8 Å². The van der Waals surface area contributed by atoms with Crippen LogP contribution in [0.15, 0.2) is 29.1 Å². The summed E-state index contributed by atoms with van der Waals surface area (Å²) in [5.74, 6) is 1.25. The summed E-state index contributed by atoms with van der Waals surface area (Å²) in [7, 11) is 0. The Morgan fingerprint density at radius 1 is 1.46 bits per heavy atom. The van der Waals surface area contributed by atoms with Gasteiger partial charge >= 0.3 is 0 Å². The zero-order valence-electron chi connectivity index (χ0n) is 14.0. The Hall–Kier alpha value is -2.08. The minimum Gasteiger partial charge on any atom is -0.459 e. The smallest absolute Gasteiger partial charge is 0.289 e. The number of carbonyl (C=O) groups excluding carboxylic acids is 1. The standard InChI is InChI=1S/C18H23N3O3/c1-2-23-11-14-9-20(18(22)16-4-3-7-24-16)10-15-17(14)21(12-19-15)8-13-5-6-13/h3-4,7,12-14H,2,5-6,8-11H2,1H3. The number of aromatic nitrogens is 2. The van der Waals surface area contributed by atoms with Crippen molar-refractivity contribution in [1.29, 1.82) is 0 Å². The Labute approximate surface area is 141 Å². The molecule has 1 aliphatic heterocycles. The summed E-state index contributed by atoms with van der Waals surface area (Å²) in [6.45, 7) is 5.50. The monoisotopic (exact) mass is 329 g/mol. The Kier molecular flexibility index (Phi) is 4.14. The van der Waals surface area contributed by atoms with Gasteiger partial charge in [0, 0.05) is 31.3 Å². The number of ether oxygens (including phenoxy) is 1. The van der Waals surface area contributed by atoms with Crippen LogP contribution in [0.2, 0.25) is 0 Å². The molecule has 6 nitrogen and oxygen atoms in total. The van der Waals surface area contributed by atoms with Crippen molar-refractivity contribution >= 4 is 5.91 Å². The third-order valence-corrected chi connectivity index (χ3v) is 4.82. The summed E-state index contributed by atoms with van der Waals surface area (Å²) in [4.78, 5) is 19.1. The predicted octanol–water partition coefficient (Wildman–Crippen LogP) is 2.66. The number of imidazole rings is 1. The largest absolute Gasteiger partial charge is 0.459 e. The molecule has 0 bridgehead atoms. The average Bonchev–Trinajstić information content (AvgIpc) is 3.09. The van der Waals surface area contributed by atoms with Gasteiger partial charge in [-0.15, -0.1) is 0 Å². The van der Waals surface area contributed by atoms with E-state index in [4.69, 9.17) is 9.15 Å². The molecular formula is C18H23N3O3. The van der Waals surface area contributed by atoms with Gasteiger partial charge in [-0.1, -0.05) is 0 Å². The third kappa shape index (κ3) is 2.98. The topological polar surface area (TPSA) is 60.5 Å². The van der Waals surface area contributed by atoms with Gasteiger partial charge in [0.2, 0.25) is 0 Å². The second-order valence-electron chi connectivity index (χ2n) is 6.69. The van der Waals surface area contributed by atoms with E-state index in [0.29, 0.717) is 32.1 Å². The number of hydrogen-bond donors (Lipinski definition) is 0. The Morgan fingerprint density at radius 2 is 2.33 bits per heavy atom. The number of amides is 1. The van der Waals surface area contributed by atoms with E-state index in [2.05, 4.69) is 9.55 Å². The normalized spacial score (nSPS) is 20.2. The molecule has 4 rings (SSSR count). The molecule has 2 aliphatic rings. The molecule has 2 aromatic rings. The molecule has 0 saturated heterocycles. The number of fused-ring (bicyclic) bond motifs is 1. The first-order chi connectivity index (χ1) is 11.8. The summed E-state index contributed by atoms with van der Waals surface area (Å²) < 4.78 is 13.2. The molecule has 0 aromatic carbocycles. The van der Waals surface area contributed by atoms with E-state index in [-0.39, 0.29) is 11.8 Å². The van der Waals surface area contributed by atoms with Crippen molar-refractivity contribution in [3.05, 3.63) is 41.9 Å². The van der Waals surface area contributed by atoms with E-state index in [9.17, 15) is 4.79 Å². The predicted molar refractivity (Wildman–Crippen MR) is 87.6 cm³/mol. The van der Waals surface area contributed by atoms with Crippen LogP contribution in [0.3, 0.4) is 0 Å². The molecule has 1 atom stereocenters. The zero-order valence-corrected chi connectivity index (χ0v) is 14.0. The number of carbonyl (C=O) groups is 1. The van der Waals surface area contributed by atoms with Gasteiger partial charge in [0.15, 0.2) is 5.76 Å². The fraction of sp³-hybridized carbons (Fsp3) is 0.556. The molecule has 0 radical (unpaired) electrons. The molecule has 2 aromatic heterocycles. The number of rotatable bonds is 6. The van der Waals surface area contributed by atoms with Crippen molar-refractivity contribution in [1.82, 2.24) is 14.5 Å². The second kappa shape index (κ2) is 6.43. The van der Waals surface area contributed by atoms with Crippen molar-refractivity contribution in [3.63, 3.8) is 0 Å². The van der Waals surface area contributed by atoms with Gasteiger partial charge in [-0.25, -0.2) is 4.98 Å². The molecule has 1 amide bonds. The highest BCUT2D eigenvalue weighted by Gasteiger charge is 2.34. The van der Waals surface area contributed by atoms with Crippen molar-refractivity contribution in [2.75, 3.05) is 19.8 Å². The minimum absolute atomic E-state index is 0.0797. The minimum atomic E-state index is -0.0797. The summed E-state index contributed by atoms with van der Waals surface area (Å²) >= 11 is 0. The van der Waals surface area contributed by atoms with Crippen LogP contribution in [0.4, 0.5) is 0 Å². The van der Waals surface area contributed by atoms with Crippen LogP contribution in [-0.2, 0) is 17.8 Å². The van der Waals surface area contributed by atoms with Gasteiger partial charge in [-0.3, -0.25) is 4.79 Å². The molecule has 128 valence electrons. The highest BCUT2D eigenvalue weighted by Crippen LogP contribution is 2.34. The maximum absolute atomic E-state index is 12.6. The molecule has 0 N–H and O–H groups in total. The fourth-order valence-corrected chi connectivity index (χ4v) is 3.45. The zero-order chi connectivity index (χ0) is 16.5. The van der Waals surface area contributed by atoms with Crippen LogP contribution in [0, 0.1) is 5.92 Å². The molecule has 1 fully saturated rings. The van der Waals surface area contributed by atoms with Crippen LogP contribution in [0.1, 0.15) is 47.6 Å². The van der Waals surface area contributed by atoms with Crippen molar-refractivity contribution < 1.29 is 13.9 Å². The molecular weight excluding hydrogens is 306 g/mol. The lowest BCUT2D eigenvalue weighted by Gasteiger charge is -2.32. The van der Waals surface area contributed by atoms with E-state index in [0.717, 1.165) is 18.2 Å². The van der Waals surface area contributed by atoms with E-state index < -0.39 is 0 Å². The van der Waals surface area contributed by atoms with Crippen molar-refractivity contribution in [2.45, 2.75) is 38.8 Å². The van der Waals surface area contributed by atoms with E-state index in [1.807, 2.05) is 18.2 Å². The third-order valence-electron chi connectivity index (χ3n) is 4.82. The molecule has 6 heteroatoms. The molecule has 1 saturated carbocycles. The maximum Gasteiger partial charge on any atom is 0.289 e. The van der Waals surface area contributed by atoms with Crippen LogP contribution in [-0.4, -0.2) is 40.1 Å². The van der Waals surface area contributed by atoms with Crippen molar-refractivity contribution in [2.24, 2.45) is 5.92 Å². The first kappa shape index (κ1) is 15.4. The van der Waals surface area contributed by atoms with Gasteiger partial charge in [-0.2, -0.15) is 0 Å². The molecule has 24 heavy (non-hydrogen) atoms. The van der Waals surface area contributed by atoms with Crippen LogP contribution in [0.25, 0.3) is 0 Å². The second-order valence-corrected chi connectivity index (χ2v) is 6.69. The lowest BCUT2D eigenvalue weighted by molar-refractivity contribution is 0.0615. The maximum atomic E-state index is 12.6. The SMILES string of the molecule is CCOCC1CN(C(=O)c2ccco2)Cc2ncn(CC3CC3)c21. The lowest BCUT2D eigenvalue weighted by atomic mass is 9.98. The summed E-state index contributed by atoms with van der Waals surface area (Å²) in [5.41, 5.74) is 2.24. The first-order valence-corrected chi connectivity index (χ1v) is 8.70. The molecule has 3 heterocycles. The van der Waals surface area contributed by atoms with Crippen LogP contribution in [0.5, 0.6) is 0 Å². The Bertz CT molecular complexity index is 703. The number of nitrogens with zero attached hydrogens (tertiary/aromatic N) is 3. The van der Waals surface area contributed by atoms with E-state index >= 15 is 0 Å². The lowest BCUT2D eigenvalue weighted by Crippen LogP contribution is -2.40. The molecule has 1 unspecified atom stereocenters.